The van der Waals surface area contributed by atoms with Crippen LogP contribution in [0, 0.1) is 13.8 Å². The van der Waals surface area contributed by atoms with Gasteiger partial charge in [0.15, 0.2) is 18.7 Å². The fourth-order valence-electron chi connectivity index (χ4n) is 2.43. The summed E-state index contributed by atoms with van der Waals surface area (Å²) >= 11 is 6.68. The van der Waals surface area contributed by atoms with Crippen LogP contribution in [-0.4, -0.2) is 26.1 Å². The van der Waals surface area contributed by atoms with Crippen molar-refractivity contribution < 1.29 is 36.8 Å². The van der Waals surface area contributed by atoms with Gasteiger partial charge < -0.3 is 14.0 Å². The summed E-state index contributed by atoms with van der Waals surface area (Å²) < 4.78 is 96.7. The number of Topliss-reactive ketones (excluding diaryl/α,β-unsaturated/α-hetero) is 1. The Balaban J connectivity index is 1.77. The van der Waals surface area contributed by atoms with Gasteiger partial charge in [-0.3, -0.25) is 4.79 Å². The number of carbonyl (C=O) groups is 1. The van der Waals surface area contributed by atoms with Crippen LogP contribution in [0.3, 0.4) is 0 Å². The number of anilines is 1. The molecular weight excluding hydrogens is 440 g/mol. The minimum absolute atomic E-state index is 0.0190. The number of halogens is 1. The van der Waals surface area contributed by atoms with Gasteiger partial charge in [0, 0.05) is 10.5 Å². The van der Waals surface area contributed by atoms with Crippen molar-refractivity contribution in [2.75, 3.05) is 11.5 Å². The lowest BCUT2D eigenvalue weighted by Crippen LogP contribution is -2.16. The Morgan fingerprint density at radius 3 is 2.93 bits per heavy atom. The summed E-state index contributed by atoms with van der Waals surface area (Å²) in [5, 5.41) is 4.58. The molecule has 0 radical (unpaired) electrons. The van der Waals surface area contributed by atoms with Gasteiger partial charge >= 0.3 is 0 Å². The summed E-state index contributed by atoms with van der Waals surface area (Å²) in [5.74, 6) is -2.23. The van der Waals surface area contributed by atoms with E-state index >= 15 is 0 Å². The van der Waals surface area contributed by atoms with Gasteiger partial charge in [0.05, 0.1) is 7.62 Å². The lowest BCUT2D eigenvalue weighted by molar-refractivity contribution is 0.0994. The summed E-state index contributed by atoms with van der Waals surface area (Å²) in [7, 11) is -4.69. The molecule has 29 heavy (non-hydrogen) atoms. The number of hydrogen-bond donors (Lipinski definition) is 1. The van der Waals surface area contributed by atoms with Crippen molar-refractivity contribution >= 4 is 44.6 Å². The van der Waals surface area contributed by atoms with Gasteiger partial charge in [0.2, 0.25) is 6.77 Å². The quantitative estimate of drug-likeness (QED) is 0.553. The number of fused-ring (bicyclic) bond motifs is 1. The van der Waals surface area contributed by atoms with Crippen molar-refractivity contribution in [1.82, 2.24) is 5.16 Å². The van der Waals surface area contributed by atoms with Gasteiger partial charge in [-0.25, -0.2) is 13.1 Å². The highest BCUT2D eigenvalue weighted by molar-refractivity contribution is 7.93. The van der Waals surface area contributed by atoms with E-state index < -0.39 is 75.6 Å². The molecule has 0 fully saturated rings. The number of nitrogens with one attached hydrogen (secondary N) is 1. The number of thiophene rings is 1. The molecule has 0 spiro atoms. The van der Waals surface area contributed by atoms with Crippen LogP contribution in [0.4, 0.5) is 5.88 Å². The molecule has 1 aromatic carbocycles. The minimum Gasteiger partial charge on any atom is -0.454 e. The summed E-state index contributed by atoms with van der Waals surface area (Å²) in [6.07, 6.45) is -0.777. The Morgan fingerprint density at radius 2 is 2.24 bits per heavy atom. The third-order valence-electron chi connectivity index (χ3n) is 3.82. The number of benzene rings is 1. The second-order valence-electron chi connectivity index (χ2n) is 5.76. The van der Waals surface area contributed by atoms with Crippen molar-refractivity contribution in [3.63, 3.8) is 0 Å². The maximum Gasteiger partial charge on any atom is 0.265 e. The van der Waals surface area contributed by atoms with Gasteiger partial charge in [0.25, 0.3) is 15.9 Å². The van der Waals surface area contributed by atoms with E-state index in [1.165, 1.54) is 12.3 Å². The summed E-state index contributed by atoms with van der Waals surface area (Å²) in [6, 6.07) is -0.147. The van der Waals surface area contributed by atoms with E-state index in [4.69, 9.17) is 35.2 Å². The standard InChI is InChI=1S/C18H15ClN2O6S2/c1-9-5-13-14(26-8-25-13)7-11(9)6-12(22)17-15(3-4-28-17)29(23,24)21-18-16(19)10(2)20-27-18/h3-5,7,21H,6,8H2,1-2H3/i1D3,5D,7D,8D/hD. The van der Waals surface area contributed by atoms with Gasteiger partial charge in [-0.1, -0.05) is 16.8 Å². The van der Waals surface area contributed by atoms with Crippen molar-refractivity contribution in [2.45, 2.75) is 25.1 Å². The van der Waals surface area contributed by atoms with Crippen molar-refractivity contribution in [3.05, 3.63) is 50.3 Å². The first-order valence-electron chi connectivity index (χ1n) is 11.4. The molecule has 1 N–H and O–H groups in total. The fourth-order valence-corrected chi connectivity index (χ4v) is 4.89. The number of aryl methyl sites for hydroxylation is 1. The van der Waals surface area contributed by atoms with E-state index in [9.17, 15) is 13.2 Å². The number of ether oxygens (including phenoxy) is 2. The maximum atomic E-state index is 13.2. The van der Waals surface area contributed by atoms with Crippen LogP contribution in [0.5, 0.6) is 11.5 Å². The predicted molar refractivity (Wildman–Crippen MR) is 107 cm³/mol. The van der Waals surface area contributed by atoms with Crippen LogP contribution in [0.25, 0.3) is 0 Å². The Hall–Kier alpha value is -2.56. The van der Waals surface area contributed by atoms with Crippen molar-refractivity contribution in [1.29, 1.82) is 0 Å². The molecule has 3 heterocycles. The topological polar surface area (TPSA) is 108 Å². The van der Waals surface area contributed by atoms with E-state index in [0.29, 0.717) is 0 Å². The Bertz CT molecular complexity index is 1490. The summed E-state index contributed by atoms with van der Waals surface area (Å²) in [6.45, 7) is -3.12. The zero-order valence-electron chi connectivity index (χ0n) is 21.5. The number of hydrogen-bond acceptors (Lipinski definition) is 8. The number of aromatic nitrogens is 1. The predicted octanol–water partition coefficient (Wildman–Crippen LogP) is 3.96. The van der Waals surface area contributed by atoms with Crippen LogP contribution in [-0.2, 0) is 16.4 Å². The second kappa shape index (κ2) is 7.36. The number of nitrogens with zero attached hydrogens (tertiary/aromatic N) is 1. The molecule has 0 amide bonds. The third kappa shape index (κ3) is 3.70. The molecule has 11 heteroatoms. The molecule has 1 atom stereocenters. The first-order valence-corrected chi connectivity index (χ1v) is 10.5. The fraction of sp³-hybridized carbons (Fsp3) is 0.222. The van der Waals surface area contributed by atoms with Crippen LogP contribution in [0.1, 0.15) is 34.7 Å². The first kappa shape index (κ1) is 12.9. The Morgan fingerprint density at radius 1 is 1.48 bits per heavy atom. The van der Waals surface area contributed by atoms with Gasteiger partial charge in [-0.05, 0) is 48.4 Å². The number of sulfonamides is 1. The maximum absolute atomic E-state index is 13.2. The van der Waals surface area contributed by atoms with Crippen LogP contribution in [0.2, 0.25) is 6.43 Å². The Labute approximate surface area is 185 Å². The summed E-state index contributed by atoms with van der Waals surface area (Å²) in [4.78, 5) is 12.3. The molecule has 0 aliphatic carbocycles. The lowest BCUT2D eigenvalue weighted by atomic mass is 10.0. The zero-order valence-corrected chi connectivity index (χ0v) is 16.9. The molecule has 152 valence electrons. The molecule has 1 unspecified atom stereocenters. The molecule has 3 aromatic rings. The third-order valence-corrected chi connectivity index (χ3v) is 6.64. The van der Waals surface area contributed by atoms with Crippen molar-refractivity contribution in [2.24, 2.45) is 0 Å². The van der Waals surface area contributed by atoms with E-state index in [2.05, 4.69) is 5.16 Å². The van der Waals surface area contributed by atoms with Crippen LogP contribution in [0.15, 0.2) is 32.9 Å². The van der Waals surface area contributed by atoms with Gasteiger partial charge in [-0.2, -0.15) is 0 Å². The molecule has 0 saturated heterocycles. The van der Waals surface area contributed by atoms with E-state index in [1.54, 1.807) is 0 Å². The van der Waals surface area contributed by atoms with Crippen molar-refractivity contribution in [3.8, 4) is 11.5 Å². The zero-order chi connectivity index (χ0) is 26.7. The molecule has 0 saturated carbocycles. The second-order valence-corrected chi connectivity index (χ2v) is 8.63. The normalized spacial score (nSPS) is 19.4. The average molecular weight is 462 g/mol. The van der Waals surface area contributed by atoms with Gasteiger partial charge in [0.1, 0.15) is 17.0 Å². The smallest absolute Gasteiger partial charge is 0.265 e. The Kier molecular flexibility index (Phi) is 3.27. The number of carbonyl (C=O) groups excluding carboxylic acids is 1. The summed E-state index contributed by atoms with van der Waals surface area (Å²) in [5.41, 5.74) is -0.899. The average Bonchev–Trinajstić information content (AvgIpc) is 3.50. The van der Waals surface area contributed by atoms with E-state index in [-0.39, 0.29) is 26.1 Å². The SMILES string of the molecule is [2H]c1c(CC(=O)c2sccc2S(=O)(=O)N([2H])c2onc(C)c2Cl)c(C([2H])([2H])[2H])c([2H])c2c1OC([2H])O2. The molecule has 1 aliphatic rings. The van der Waals surface area contributed by atoms with Crippen LogP contribution >= 0.6 is 22.9 Å². The molecular formula is C18H15ClN2O6S2. The highest BCUT2D eigenvalue weighted by Crippen LogP contribution is 2.36. The molecule has 8 nitrogen and oxygen atoms in total. The van der Waals surface area contributed by atoms with E-state index in [1.807, 2.05) is 0 Å². The lowest BCUT2D eigenvalue weighted by Gasteiger charge is -2.09. The number of rotatable bonds is 6. The van der Waals surface area contributed by atoms with Gasteiger partial charge in [-0.15, -0.1) is 11.3 Å². The largest absolute Gasteiger partial charge is 0.454 e. The molecule has 0 bridgehead atoms. The first-order chi connectivity index (χ1) is 16.7. The van der Waals surface area contributed by atoms with Crippen LogP contribution < -0.4 is 14.2 Å². The number of ketones is 1. The molecule has 2 aromatic heterocycles. The molecule has 1 aliphatic heterocycles. The van der Waals surface area contributed by atoms with E-state index in [0.717, 1.165) is 17.4 Å². The highest BCUT2D eigenvalue weighted by Gasteiger charge is 2.27. The minimum atomic E-state index is -4.69. The monoisotopic (exact) mass is 461 g/mol. The molecule has 4 rings (SSSR count). The highest BCUT2D eigenvalue weighted by atomic mass is 35.5.